The van der Waals surface area contributed by atoms with Crippen molar-refractivity contribution in [2.45, 2.75) is 38.5 Å². The Morgan fingerprint density at radius 2 is 1.09 bits per heavy atom. The van der Waals surface area contributed by atoms with Crippen molar-refractivity contribution in [2.24, 2.45) is 0 Å². The second kappa shape index (κ2) is 9.42. The first-order valence-corrected chi connectivity index (χ1v) is 6.71. The molecule has 0 aromatic heterocycles. The van der Waals surface area contributed by atoms with E-state index < -0.39 is 48.8 Å². The minimum atomic E-state index is -2.48. The summed E-state index contributed by atoms with van der Waals surface area (Å²) in [5.74, 6) is -3.43. The van der Waals surface area contributed by atoms with E-state index in [1.807, 2.05) is 0 Å². The van der Waals surface area contributed by atoms with Gasteiger partial charge < -0.3 is 9.47 Å². The first-order chi connectivity index (χ1) is 10.4. The highest BCUT2D eigenvalue weighted by Crippen LogP contribution is 2.28. The highest BCUT2D eigenvalue weighted by molar-refractivity contribution is 5.35. The van der Waals surface area contributed by atoms with Crippen molar-refractivity contribution in [3.8, 4) is 11.5 Å². The molecule has 0 amide bonds. The van der Waals surface area contributed by atoms with Crippen molar-refractivity contribution in [3.63, 3.8) is 0 Å². The van der Waals surface area contributed by atoms with Crippen molar-refractivity contribution in [1.82, 2.24) is 0 Å². The zero-order valence-corrected chi connectivity index (χ0v) is 11.6. The predicted octanol–water partition coefficient (Wildman–Crippen LogP) is 4.81. The molecule has 0 aliphatic carbocycles. The standard InChI is InChI=1S/C14H16F6O2/c15-11(16)3-1-7-21-9-5-6-10(14(20)13(9)19)22-8-2-4-12(17)18/h5-6,11-12H,1-4,7-8H2. The van der Waals surface area contributed by atoms with Crippen molar-refractivity contribution in [1.29, 1.82) is 0 Å². The monoisotopic (exact) mass is 330 g/mol. The fraction of sp³-hybridized carbons (Fsp3) is 0.571. The van der Waals surface area contributed by atoms with Crippen LogP contribution in [0.4, 0.5) is 26.3 Å². The normalized spacial score (nSPS) is 11.3. The Labute approximate surface area is 124 Å². The molecule has 0 unspecified atom stereocenters. The smallest absolute Gasteiger partial charge is 0.238 e. The summed E-state index contributed by atoms with van der Waals surface area (Å²) in [7, 11) is 0. The van der Waals surface area contributed by atoms with E-state index in [4.69, 9.17) is 9.47 Å². The van der Waals surface area contributed by atoms with Gasteiger partial charge in [-0.3, -0.25) is 0 Å². The van der Waals surface area contributed by atoms with Crippen molar-refractivity contribution in [2.75, 3.05) is 13.2 Å². The summed E-state index contributed by atoms with van der Waals surface area (Å²) >= 11 is 0. The van der Waals surface area contributed by atoms with E-state index in [-0.39, 0.29) is 26.1 Å². The first-order valence-electron chi connectivity index (χ1n) is 6.71. The number of ether oxygens (including phenoxy) is 2. The molecule has 0 radical (unpaired) electrons. The van der Waals surface area contributed by atoms with Crippen LogP contribution >= 0.6 is 0 Å². The second-order valence-corrected chi connectivity index (χ2v) is 4.45. The van der Waals surface area contributed by atoms with Crippen LogP contribution in [-0.2, 0) is 0 Å². The van der Waals surface area contributed by atoms with Crippen LogP contribution in [0, 0.1) is 11.6 Å². The molecule has 0 N–H and O–H groups in total. The molecule has 0 atom stereocenters. The van der Waals surface area contributed by atoms with Gasteiger partial charge in [-0.25, -0.2) is 17.6 Å². The predicted molar refractivity (Wildman–Crippen MR) is 67.8 cm³/mol. The van der Waals surface area contributed by atoms with E-state index in [2.05, 4.69) is 0 Å². The molecule has 0 spiro atoms. The van der Waals surface area contributed by atoms with E-state index in [1.165, 1.54) is 0 Å². The van der Waals surface area contributed by atoms with E-state index in [0.29, 0.717) is 0 Å². The Kier molecular flexibility index (Phi) is 7.90. The summed E-state index contributed by atoms with van der Waals surface area (Å²) in [6.07, 6.45) is -5.73. The average Bonchev–Trinajstić information content (AvgIpc) is 2.45. The quantitative estimate of drug-likeness (QED) is 0.453. The van der Waals surface area contributed by atoms with E-state index in [9.17, 15) is 26.3 Å². The average molecular weight is 330 g/mol. The largest absolute Gasteiger partial charge is 0.490 e. The lowest BCUT2D eigenvalue weighted by Crippen LogP contribution is -2.05. The molecule has 0 heterocycles. The summed E-state index contributed by atoms with van der Waals surface area (Å²) in [4.78, 5) is 0. The van der Waals surface area contributed by atoms with Gasteiger partial charge in [0.2, 0.25) is 24.5 Å². The van der Waals surface area contributed by atoms with E-state index in [0.717, 1.165) is 12.1 Å². The number of hydrogen-bond donors (Lipinski definition) is 0. The Morgan fingerprint density at radius 1 is 0.727 bits per heavy atom. The van der Waals surface area contributed by atoms with Gasteiger partial charge in [-0.2, -0.15) is 8.78 Å². The SMILES string of the molecule is Fc1c(OCCCC(F)F)ccc(OCCCC(F)F)c1F. The van der Waals surface area contributed by atoms with Crippen LogP contribution in [0.25, 0.3) is 0 Å². The Bertz CT molecular complexity index is 412. The first kappa shape index (κ1) is 18.4. The van der Waals surface area contributed by atoms with Crippen LogP contribution in [0.5, 0.6) is 11.5 Å². The molecule has 2 nitrogen and oxygen atoms in total. The lowest BCUT2D eigenvalue weighted by atomic mass is 10.3. The maximum Gasteiger partial charge on any atom is 0.238 e. The van der Waals surface area contributed by atoms with Gasteiger partial charge in [0.1, 0.15) is 0 Å². The highest BCUT2D eigenvalue weighted by Gasteiger charge is 2.16. The summed E-state index contributed by atoms with van der Waals surface area (Å²) in [5, 5.41) is 0. The third-order valence-electron chi connectivity index (χ3n) is 2.66. The zero-order valence-electron chi connectivity index (χ0n) is 11.6. The number of benzene rings is 1. The lowest BCUT2D eigenvalue weighted by Gasteiger charge is -2.11. The fourth-order valence-corrected chi connectivity index (χ4v) is 1.58. The lowest BCUT2D eigenvalue weighted by molar-refractivity contribution is 0.125. The maximum atomic E-state index is 13.6. The molecule has 0 fully saturated rings. The molecule has 1 aromatic rings. The molecule has 126 valence electrons. The molecule has 0 aliphatic rings. The topological polar surface area (TPSA) is 18.5 Å². The van der Waals surface area contributed by atoms with Crippen LogP contribution in [-0.4, -0.2) is 26.1 Å². The molecular weight excluding hydrogens is 314 g/mol. The van der Waals surface area contributed by atoms with Crippen LogP contribution in [0.2, 0.25) is 0 Å². The molecule has 1 rings (SSSR count). The fourth-order valence-electron chi connectivity index (χ4n) is 1.58. The van der Waals surface area contributed by atoms with Crippen LogP contribution in [0.15, 0.2) is 12.1 Å². The van der Waals surface area contributed by atoms with E-state index in [1.54, 1.807) is 0 Å². The van der Waals surface area contributed by atoms with Gasteiger partial charge in [0.25, 0.3) is 0 Å². The van der Waals surface area contributed by atoms with Crippen LogP contribution in [0.1, 0.15) is 25.7 Å². The van der Waals surface area contributed by atoms with Gasteiger partial charge in [0.15, 0.2) is 11.5 Å². The number of hydrogen-bond acceptors (Lipinski definition) is 2. The number of rotatable bonds is 10. The number of halogens is 6. The van der Waals surface area contributed by atoms with Gasteiger partial charge in [-0.15, -0.1) is 0 Å². The summed E-state index contributed by atoms with van der Waals surface area (Å²) in [5.41, 5.74) is 0. The summed E-state index contributed by atoms with van der Waals surface area (Å²) in [6.45, 7) is -0.343. The molecule has 0 aliphatic heterocycles. The summed E-state index contributed by atoms with van der Waals surface area (Å²) < 4.78 is 84.6. The third kappa shape index (κ3) is 6.44. The van der Waals surface area contributed by atoms with Crippen molar-refractivity contribution >= 4 is 0 Å². The molecular formula is C14H16F6O2. The number of alkyl halides is 4. The van der Waals surface area contributed by atoms with Gasteiger partial charge in [-0.05, 0) is 25.0 Å². The van der Waals surface area contributed by atoms with Gasteiger partial charge >= 0.3 is 0 Å². The highest BCUT2D eigenvalue weighted by atomic mass is 19.3. The Balaban J connectivity index is 2.49. The Hall–Kier alpha value is -1.60. The van der Waals surface area contributed by atoms with E-state index >= 15 is 0 Å². The zero-order chi connectivity index (χ0) is 16.5. The third-order valence-corrected chi connectivity index (χ3v) is 2.66. The second-order valence-electron chi connectivity index (χ2n) is 4.45. The molecule has 0 bridgehead atoms. The van der Waals surface area contributed by atoms with Gasteiger partial charge in [0, 0.05) is 12.8 Å². The Morgan fingerprint density at radius 3 is 1.41 bits per heavy atom. The molecule has 22 heavy (non-hydrogen) atoms. The van der Waals surface area contributed by atoms with Gasteiger partial charge in [0.05, 0.1) is 13.2 Å². The van der Waals surface area contributed by atoms with Crippen molar-refractivity contribution in [3.05, 3.63) is 23.8 Å². The van der Waals surface area contributed by atoms with Crippen molar-refractivity contribution < 1.29 is 35.8 Å². The molecule has 0 saturated carbocycles. The molecule has 0 saturated heterocycles. The minimum Gasteiger partial charge on any atom is -0.490 e. The summed E-state index contributed by atoms with van der Waals surface area (Å²) in [6, 6.07) is 2.20. The molecule has 8 heteroatoms. The molecule has 1 aromatic carbocycles. The maximum absolute atomic E-state index is 13.6. The minimum absolute atomic E-state index is 0.00457. The van der Waals surface area contributed by atoms with Crippen LogP contribution in [0.3, 0.4) is 0 Å². The van der Waals surface area contributed by atoms with Crippen LogP contribution < -0.4 is 9.47 Å². The van der Waals surface area contributed by atoms with Gasteiger partial charge in [-0.1, -0.05) is 0 Å².